The third-order valence-corrected chi connectivity index (χ3v) is 16.2. The van der Waals surface area contributed by atoms with Crippen LogP contribution in [0, 0.1) is 17.8 Å². The standard InChI is InChI=1S/C33H44N2O.C32H40N2/c1-2-3-4-5-6-7-25-8-10-27(11-9-25)24-36-33-18-16-30(17-19-33)29-14-12-26(13-15-29)20-28-21-31(34)23-32(35)22-28;33-31-20-26(21-32(34)22-31)19-25-8-12-28(13-9-25)30-16-14-29(15-17-30)27-10-6-24(7-11-27)18-23-4-2-1-3-5-23/h8-15,21-23,30,33H,2-7,16-20,24,34-35H2,1H3;1-5,8-9,12-13,20-22,24,27,29-30H,6-7,10-11,14-19,33-34H2. The maximum atomic E-state index is 6.30. The Morgan fingerprint density at radius 3 is 1.34 bits per heavy atom. The van der Waals surface area contributed by atoms with Gasteiger partial charge in [-0.25, -0.2) is 0 Å². The summed E-state index contributed by atoms with van der Waals surface area (Å²) >= 11 is 0. The number of hydrogen-bond donors (Lipinski definition) is 4. The van der Waals surface area contributed by atoms with Gasteiger partial charge in [0.25, 0.3) is 0 Å². The molecular weight excluding hydrogens is 853 g/mol. The minimum Gasteiger partial charge on any atom is -0.399 e. The molecule has 0 spiro atoms. The van der Waals surface area contributed by atoms with Gasteiger partial charge in [0, 0.05) is 22.7 Å². The van der Waals surface area contributed by atoms with E-state index in [0.717, 1.165) is 84.3 Å². The number of nitrogen functional groups attached to an aromatic ring is 4. The third-order valence-electron chi connectivity index (χ3n) is 16.2. The fourth-order valence-electron chi connectivity index (χ4n) is 12.2. The average molecular weight is 937 g/mol. The van der Waals surface area contributed by atoms with Crippen molar-refractivity contribution in [2.75, 3.05) is 22.9 Å². The van der Waals surface area contributed by atoms with Crippen LogP contribution in [0.1, 0.15) is 178 Å². The Morgan fingerprint density at radius 1 is 0.400 bits per heavy atom. The van der Waals surface area contributed by atoms with Gasteiger partial charge in [-0.1, -0.05) is 136 Å². The summed E-state index contributed by atoms with van der Waals surface area (Å²) < 4.78 is 6.30. The van der Waals surface area contributed by atoms with Gasteiger partial charge in [-0.15, -0.1) is 0 Å². The van der Waals surface area contributed by atoms with Gasteiger partial charge in [-0.2, -0.15) is 0 Å². The second kappa shape index (κ2) is 26.1. The average Bonchev–Trinajstić information content (AvgIpc) is 3.37. The number of nitrogens with two attached hydrogens (primary N) is 4. The van der Waals surface area contributed by atoms with E-state index in [1.54, 1.807) is 6.07 Å². The van der Waals surface area contributed by atoms with Gasteiger partial charge in [-0.05, 0) is 225 Å². The summed E-state index contributed by atoms with van der Waals surface area (Å²) in [6.07, 6.45) is 27.3. The van der Waals surface area contributed by atoms with Crippen LogP contribution in [-0.4, -0.2) is 6.10 Å². The van der Waals surface area contributed by atoms with Gasteiger partial charge >= 0.3 is 0 Å². The molecule has 0 amide bonds. The molecule has 0 bridgehead atoms. The molecule has 5 nitrogen and oxygen atoms in total. The largest absolute Gasteiger partial charge is 0.399 e. The second-order valence-electron chi connectivity index (χ2n) is 21.7. The van der Waals surface area contributed by atoms with E-state index in [0.29, 0.717) is 12.0 Å². The van der Waals surface area contributed by atoms with E-state index in [-0.39, 0.29) is 0 Å². The molecule has 0 heterocycles. The van der Waals surface area contributed by atoms with E-state index in [4.69, 9.17) is 27.7 Å². The summed E-state index contributed by atoms with van der Waals surface area (Å²) in [5.41, 5.74) is 39.0. The lowest BCUT2D eigenvalue weighted by Gasteiger charge is -2.38. The van der Waals surface area contributed by atoms with Crippen molar-refractivity contribution in [3.63, 3.8) is 0 Å². The highest BCUT2D eigenvalue weighted by Crippen LogP contribution is 2.44. The highest BCUT2D eigenvalue weighted by molar-refractivity contribution is 5.56. The van der Waals surface area contributed by atoms with Gasteiger partial charge < -0.3 is 27.7 Å². The first-order valence-corrected chi connectivity index (χ1v) is 27.4. The Bertz CT molecular complexity index is 2400. The van der Waals surface area contributed by atoms with E-state index in [1.807, 2.05) is 30.3 Å². The maximum absolute atomic E-state index is 6.30. The Morgan fingerprint density at radius 2 is 0.843 bits per heavy atom. The predicted molar refractivity (Wildman–Crippen MR) is 298 cm³/mol. The van der Waals surface area contributed by atoms with Crippen LogP contribution in [0.25, 0.3) is 0 Å². The number of aryl methyl sites for hydroxylation is 1. The molecule has 3 aliphatic carbocycles. The quantitative estimate of drug-likeness (QED) is 0.0506. The molecule has 0 atom stereocenters. The molecule has 0 aromatic heterocycles. The van der Waals surface area contributed by atoms with E-state index < -0.39 is 0 Å². The summed E-state index contributed by atoms with van der Waals surface area (Å²) in [7, 11) is 0. The van der Waals surface area contributed by atoms with Gasteiger partial charge in [0.15, 0.2) is 0 Å². The zero-order valence-corrected chi connectivity index (χ0v) is 42.5. The van der Waals surface area contributed by atoms with E-state index >= 15 is 0 Å². The lowest BCUT2D eigenvalue weighted by Crippen LogP contribution is -2.26. The molecule has 6 aromatic carbocycles. The van der Waals surface area contributed by atoms with Crippen LogP contribution in [0.15, 0.2) is 140 Å². The van der Waals surface area contributed by atoms with Crippen molar-refractivity contribution in [3.8, 4) is 0 Å². The number of benzene rings is 6. The SMILES string of the molecule is CCCCCCCc1ccc(COC2CCC(c3ccc(Cc4cc(N)cc(N)c4)cc3)CC2)cc1.Nc1cc(N)cc(Cc2ccc(C3CCC(C4CCC(Cc5ccccc5)CC4)CC3)cc2)c1. The van der Waals surface area contributed by atoms with Crippen LogP contribution in [0.4, 0.5) is 22.7 Å². The molecule has 8 N–H and O–H groups in total. The molecule has 6 aromatic rings. The van der Waals surface area contributed by atoms with Gasteiger partial charge in [0.1, 0.15) is 0 Å². The van der Waals surface area contributed by atoms with Crippen LogP contribution < -0.4 is 22.9 Å². The van der Waals surface area contributed by atoms with E-state index in [2.05, 4.69) is 110 Å². The van der Waals surface area contributed by atoms with Gasteiger partial charge in [0.2, 0.25) is 0 Å². The molecule has 370 valence electrons. The van der Waals surface area contributed by atoms with Crippen molar-refractivity contribution in [2.24, 2.45) is 17.8 Å². The number of anilines is 4. The molecule has 70 heavy (non-hydrogen) atoms. The van der Waals surface area contributed by atoms with Crippen LogP contribution >= 0.6 is 0 Å². The zero-order valence-electron chi connectivity index (χ0n) is 42.5. The van der Waals surface area contributed by atoms with Crippen LogP contribution in [-0.2, 0) is 37.0 Å². The molecule has 0 unspecified atom stereocenters. The molecule has 0 saturated heterocycles. The highest BCUT2D eigenvalue weighted by Gasteiger charge is 2.31. The smallest absolute Gasteiger partial charge is 0.0720 e. The van der Waals surface area contributed by atoms with Crippen molar-refractivity contribution in [1.29, 1.82) is 0 Å². The molecule has 3 fully saturated rings. The van der Waals surface area contributed by atoms with E-state index in [1.165, 1.54) is 154 Å². The zero-order chi connectivity index (χ0) is 48.5. The molecule has 0 aliphatic heterocycles. The summed E-state index contributed by atoms with van der Waals surface area (Å²) in [6.45, 7) is 3.00. The fourth-order valence-corrected chi connectivity index (χ4v) is 12.2. The fraction of sp³-hybridized carbons (Fsp3) is 0.446. The monoisotopic (exact) mass is 937 g/mol. The molecule has 0 radical (unpaired) electrons. The van der Waals surface area contributed by atoms with Gasteiger partial charge in [-0.3, -0.25) is 0 Å². The Kier molecular flexibility index (Phi) is 18.9. The summed E-state index contributed by atoms with van der Waals surface area (Å²) in [4.78, 5) is 0. The van der Waals surface area contributed by atoms with Crippen molar-refractivity contribution in [3.05, 3.63) is 190 Å². The summed E-state index contributed by atoms with van der Waals surface area (Å²) in [5, 5.41) is 0. The normalized spacial score (nSPS) is 21.4. The first-order chi connectivity index (χ1) is 34.2. The molecule has 5 heteroatoms. The lowest BCUT2D eigenvalue weighted by atomic mass is 9.68. The van der Waals surface area contributed by atoms with Crippen molar-refractivity contribution < 1.29 is 4.74 Å². The Balaban J connectivity index is 0.000000188. The molecule has 3 aliphatic rings. The van der Waals surface area contributed by atoms with Crippen molar-refractivity contribution >= 4 is 22.7 Å². The Labute approximate surface area is 422 Å². The van der Waals surface area contributed by atoms with Crippen molar-refractivity contribution in [1.82, 2.24) is 0 Å². The number of unbranched alkanes of at least 4 members (excludes halogenated alkanes) is 4. The number of hydrogen-bond acceptors (Lipinski definition) is 5. The summed E-state index contributed by atoms with van der Waals surface area (Å²) in [5.74, 6) is 4.21. The highest BCUT2D eigenvalue weighted by atomic mass is 16.5. The van der Waals surface area contributed by atoms with Crippen LogP contribution in [0.5, 0.6) is 0 Å². The summed E-state index contributed by atoms with van der Waals surface area (Å²) in [6, 6.07) is 50.4. The van der Waals surface area contributed by atoms with Crippen LogP contribution in [0.2, 0.25) is 0 Å². The number of ether oxygens (including phenoxy) is 1. The topological polar surface area (TPSA) is 113 Å². The Hall–Kier alpha value is -5.52. The minimum atomic E-state index is 0.382. The third kappa shape index (κ3) is 15.7. The van der Waals surface area contributed by atoms with E-state index in [9.17, 15) is 0 Å². The second-order valence-corrected chi connectivity index (χ2v) is 21.7. The molecular formula is C65H84N4O. The van der Waals surface area contributed by atoms with Crippen molar-refractivity contribution in [2.45, 2.75) is 166 Å². The first-order valence-electron chi connectivity index (χ1n) is 27.4. The lowest BCUT2D eigenvalue weighted by molar-refractivity contribution is 0.0133. The van der Waals surface area contributed by atoms with Gasteiger partial charge in [0.05, 0.1) is 12.7 Å². The number of rotatable bonds is 18. The first kappa shape index (κ1) is 50.9. The maximum Gasteiger partial charge on any atom is 0.0720 e. The minimum absolute atomic E-state index is 0.382. The predicted octanol–water partition coefficient (Wildman–Crippen LogP) is 16.0. The molecule has 3 saturated carbocycles. The van der Waals surface area contributed by atoms with Crippen LogP contribution in [0.3, 0.4) is 0 Å². The molecule has 9 rings (SSSR count).